The maximum Gasteiger partial charge on any atom is 0.325 e. The lowest BCUT2D eigenvalue weighted by molar-refractivity contribution is -0.135. The van der Waals surface area contributed by atoms with Crippen molar-refractivity contribution in [3.05, 3.63) is 35.6 Å². The van der Waals surface area contributed by atoms with Gasteiger partial charge in [-0.15, -0.1) is 0 Å². The van der Waals surface area contributed by atoms with E-state index in [1.165, 1.54) is 17.0 Å². The Hall–Kier alpha value is -2.44. The Labute approximate surface area is 133 Å². The third kappa shape index (κ3) is 3.33. The number of nitrogens with one attached hydrogen (secondary N) is 1. The molecule has 7 heteroatoms. The van der Waals surface area contributed by atoms with Crippen molar-refractivity contribution in [3.63, 3.8) is 0 Å². The van der Waals surface area contributed by atoms with Crippen molar-refractivity contribution in [2.75, 3.05) is 19.6 Å². The number of piperidine rings is 1. The predicted octanol–water partition coefficient (Wildman–Crippen LogP) is 1.43. The second-order valence-electron chi connectivity index (χ2n) is 5.86. The molecule has 2 heterocycles. The van der Waals surface area contributed by atoms with E-state index in [2.05, 4.69) is 5.32 Å². The van der Waals surface area contributed by atoms with Crippen molar-refractivity contribution >= 4 is 17.8 Å². The van der Waals surface area contributed by atoms with Crippen molar-refractivity contribution in [1.82, 2.24) is 15.1 Å². The van der Waals surface area contributed by atoms with Crippen molar-refractivity contribution in [2.24, 2.45) is 0 Å². The topological polar surface area (TPSA) is 69.7 Å². The maximum atomic E-state index is 13.1. The Morgan fingerprint density at radius 2 is 1.96 bits per heavy atom. The minimum atomic E-state index is -0.529. The molecule has 1 unspecified atom stereocenters. The van der Waals surface area contributed by atoms with E-state index in [0.717, 1.165) is 24.8 Å². The molecule has 2 aliphatic rings. The fraction of sp³-hybridized carbons (Fsp3) is 0.438. The number of imide groups is 1. The summed E-state index contributed by atoms with van der Waals surface area (Å²) in [6, 6.07) is 5.52. The quantitative estimate of drug-likeness (QED) is 0.857. The first-order valence-electron chi connectivity index (χ1n) is 7.68. The number of benzene rings is 1. The third-order valence-electron chi connectivity index (χ3n) is 4.27. The molecule has 1 atom stereocenters. The molecule has 0 radical (unpaired) electrons. The molecule has 0 bridgehead atoms. The number of carbonyl (C=O) groups is 3. The smallest absolute Gasteiger partial charge is 0.325 e. The molecular weight excluding hydrogens is 301 g/mol. The van der Waals surface area contributed by atoms with Crippen LogP contribution in [0.3, 0.4) is 0 Å². The summed E-state index contributed by atoms with van der Waals surface area (Å²) >= 11 is 0. The van der Waals surface area contributed by atoms with Crippen LogP contribution in [0.2, 0.25) is 0 Å². The molecule has 0 saturated carbocycles. The van der Waals surface area contributed by atoms with Gasteiger partial charge >= 0.3 is 6.03 Å². The number of carbonyl (C=O) groups excluding carboxylic acids is 3. The highest BCUT2D eigenvalue weighted by Gasteiger charge is 2.33. The van der Waals surface area contributed by atoms with Crippen LogP contribution < -0.4 is 5.32 Å². The summed E-state index contributed by atoms with van der Waals surface area (Å²) in [7, 11) is 0. The van der Waals surface area contributed by atoms with Gasteiger partial charge in [0.15, 0.2) is 0 Å². The maximum absolute atomic E-state index is 13.1. The van der Waals surface area contributed by atoms with Gasteiger partial charge in [-0.1, -0.05) is 12.1 Å². The van der Waals surface area contributed by atoms with Crippen molar-refractivity contribution in [1.29, 1.82) is 0 Å². The van der Waals surface area contributed by atoms with Crippen LogP contribution in [0.15, 0.2) is 24.3 Å². The summed E-state index contributed by atoms with van der Waals surface area (Å²) in [5.74, 6) is -0.893. The molecule has 1 aromatic carbocycles. The number of likely N-dealkylation sites (tertiary alicyclic amines) is 1. The van der Waals surface area contributed by atoms with E-state index in [-0.39, 0.29) is 30.9 Å². The first-order valence-corrected chi connectivity index (χ1v) is 7.68. The molecule has 23 heavy (non-hydrogen) atoms. The minimum absolute atomic E-state index is 0.0837. The van der Waals surface area contributed by atoms with Gasteiger partial charge in [0.2, 0.25) is 11.8 Å². The molecule has 1 aromatic rings. The summed E-state index contributed by atoms with van der Waals surface area (Å²) in [4.78, 5) is 38.3. The van der Waals surface area contributed by atoms with E-state index in [1.54, 1.807) is 17.0 Å². The molecular formula is C16H18FN3O3. The Kier molecular flexibility index (Phi) is 4.27. The molecule has 3 rings (SSSR count). The zero-order chi connectivity index (χ0) is 16.4. The second-order valence-corrected chi connectivity index (χ2v) is 5.86. The Balaban J connectivity index is 1.73. The lowest BCUT2D eigenvalue weighted by Crippen LogP contribution is -2.45. The average molecular weight is 319 g/mol. The van der Waals surface area contributed by atoms with E-state index in [4.69, 9.17) is 0 Å². The van der Waals surface area contributed by atoms with Crippen LogP contribution in [0.1, 0.15) is 30.9 Å². The van der Waals surface area contributed by atoms with Crippen molar-refractivity contribution < 1.29 is 18.8 Å². The first-order chi connectivity index (χ1) is 11.0. The molecule has 122 valence electrons. The van der Waals surface area contributed by atoms with Gasteiger partial charge in [0.05, 0.1) is 6.04 Å². The van der Waals surface area contributed by atoms with Crippen molar-refractivity contribution in [3.8, 4) is 0 Å². The summed E-state index contributed by atoms with van der Waals surface area (Å²) in [5, 5.41) is 2.16. The Morgan fingerprint density at radius 1 is 1.22 bits per heavy atom. The molecule has 2 aliphatic heterocycles. The van der Waals surface area contributed by atoms with E-state index in [0.29, 0.717) is 6.54 Å². The zero-order valence-corrected chi connectivity index (χ0v) is 12.6. The second kappa shape index (κ2) is 6.36. The standard InChI is InChI=1S/C16H18FN3O3/c17-12-6-4-11(5-7-12)13-3-1-2-8-20(13)15(22)10-19-9-14(21)18-16(19)23/h4-7,13H,1-3,8-10H2,(H,18,21,23). The van der Waals surface area contributed by atoms with E-state index >= 15 is 0 Å². The summed E-state index contributed by atoms with van der Waals surface area (Å²) in [5.41, 5.74) is 0.890. The Bertz CT molecular complexity index is 632. The number of halogens is 1. The normalized spacial score (nSPS) is 21.5. The van der Waals surface area contributed by atoms with Crippen LogP contribution in [0.4, 0.5) is 9.18 Å². The van der Waals surface area contributed by atoms with Gasteiger partial charge in [-0.25, -0.2) is 9.18 Å². The van der Waals surface area contributed by atoms with Gasteiger partial charge in [0.25, 0.3) is 0 Å². The SMILES string of the molecule is O=C1CN(CC(=O)N2CCCCC2c2ccc(F)cc2)C(=O)N1. The highest BCUT2D eigenvalue weighted by Crippen LogP contribution is 2.31. The Morgan fingerprint density at radius 3 is 2.61 bits per heavy atom. The molecule has 4 amide bonds. The highest BCUT2D eigenvalue weighted by molar-refractivity contribution is 6.03. The van der Waals surface area contributed by atoms with Gasteiger partial charge < -0.3 is 9.80 Å². The zero-order valence-electron chi connectivity index (χ0n) is 12.6. The van der Waals surface area contributed by atoms with Crippen LogP contribution in [0.25, 0.3) is 0 Å². The number of hydrogen-bond donors (Lipinski definition) is 1. The fourth-order valence-electron chi connectivity index (χ4n) is 3.13. The summed E-state index contributed by atoms with van der Waals surface area (Å²) in [6.07, 6.45) is 2.70. The molecule has 0 aromatic heterocycles. The molecule has 2 fully saturated rings. The van der Waals surface area contributed by atoms with Gasteiger partial charge in [-0.05, 0) is 37.0 Å². The van der Waals surface area contributed by atoms with E-state index in [1.807, 2.05) is 0 Å². The fourth-order valence-corrected chi connectivity index (χ4v) is 3.13. The van der Waals surface area contributed by atoms with Crippen LogP contribution in [0.5, 0.6) is 0 Å². The summed E-state index contributed by atoms with van der Waals surface area (Å²) in [6.45, 7) is 0.402. The van der Waals surface area contributed by atoms with Gasteiger partial charge in [0, 0.05) is 6.54 Å². The average Bonchev–Trinajstić information content (AvgIpc) is 2.85. The lowest BCUT2D eigenvalue weighted by Gasteiger charge is -2.36. The number of nitrogens with zero attached hydrogens (tertiary/aromatic N) is 2. The third-order valence-corrected chi connectivity index (χ3v) is 4.27. The number of amides is 4. The van der Waals surface area contributed by atoms with Gasteiger partial charge in [-0.2, -0.15) is 0 Å². The van der Waals surface area contributed by atoms with Gasteiger partial charge in [0.1, 0.15) is 18.9 Å². The van der Waals surface area contributed by atoms with Crippen LogP contribution >= 0.6 is 0 Å². The lowest BCUT2D eigenvalue weighted by atomic mass is 9.95. The number of rotatable bonds is 3. The predicted molar refractivity (Wildman–Crippen MR) is 79.8 cm³/mol. The number of urea groups is 1. The minimum Gasteiger partial charge on any atom is -0.334 e. The molecule has 0 spiro atoms. The highest BCUT2D eigenvalue weighted by atomic mass is 19.1. The number of hydrogen-bond acceptors (Lipinski definition) is 3. The largest absolute Gasteiger partial charge is 0.334 e. The van der Waals surface area contributed by atoms with Crippen LogP contribution in [-0.4, -0.2) is 47.3 Å². The van der Waals surface area contributed by atoms with Crippen LogP contribution in [0, 0.1) is 5.82 Å². The molecule has 1 N–H and O–H groups in total. The van der Waals surface area contributed by atoms with Crippen LogP contribution in [-0.2, 0) is 9.59 Å². The van der Waals surface area contributed by atoms with Crippen molar-refractivity contribution in [2.45, 2.75) is 25.3 Å². The van der Waals surface area contributed by atoms with Gasteiger partial charge in [-0.3, -0.25) is 14.9 Å². The molecule has 2 saturated heterocycles. The van der Waals surface area contributed by atoms with E-state index < -0.39 is 11.9 Å². The molecule has 0 aliphatic carbocycles. The summed E-state index contributed by atoms with van der Waals surface area (Å²) < 4.78 is 13.1. The molecule has 6 nitrogen and oxygen atoms in total. The van der Waals surface area contributed by atoms with E-state index in [9.17, 15) is 18.8 Å². The first kappa shape index (κ1) is 15.5. The monoisotopic (exact) mass is 319 g/mol.